The summed E-state index contributed by atoms with van der Waals surface area (Å²) in [7, 11) is 0. The van der Waals surface area contributed by atoms with Crippen molar-refractivity contribution >= 4 is 11.6 Å². The monoisotopic (exact) mass is 189 g/mol. The molecule has 70 valence electrons. The Morgan fingerprint density at radius 3 is 2.92 bits per heavy atom. The van der Waals surface area contributed by atoms with Crippen LogP contribution in [-0.4, -0.2) is 19.3 Å². The second-order valence-electron chi connectivity index (χ2n) is 3.29. The van der Waals surface area contributed by atoms with Gasteiger partial charge in [-0.15, -0.1) is 0 Å². The van der Waals surface area contributed by atoms with E-state index in [9.17, 15) is 0 Å². The van der Waals surface area contributed by atoms with Gasteiger partial charge in [0.25, 0.3) is 0 Å². The third-order valence-corrected chi connectivity index (χ3v) is 2.46. The maximum absolute atomic E-state index is 5.60. The van der Waals surface area contributed by atoms with Crippen LogP contribution in [0.15, 0.2) is 11.6 Å². The average Bonchev–Trinajstić information content (AvgIpc) is 2.47. The molecule has 2 nitrogen and oxygen atoms in total. The first-order valence-electron chi connectivity index (χ1n) is 4.39. The maximum Gasteiger partial charge on any atom is 0.0820 e. The largest absolute Gasteiger partial charge is 0.372 e. The van der Waals surface area contributed by atoms with Crippen LogP contribution < -0.4 is 5.73 Å². The molecule has 0 amide bonds. The van der Waals surface area contributed by atoms with Crippen LogP contribution in [0.5, 0.6) is 0 Å². The van der Waals surface area contributed by atoms with Crippen LogP contribution in [0.2, 0.25) is 0 Å². The van der Waals surface area contributed by atoms with Gasteiger partial charge in [-0.05, 0) is 25.3 Å². The van der Waals surface area contributed by atoms with Crippen molar-refractivity contribution in [1.82, 2.24) is 0 Å². The summed E-state index contributed by atoms with van der Waals surface area (Å²) < 4.78 is 5.56. The quantitative estimate of drug-likeness (QED) is 0.733. The smallest absolute Gasteiger partial charge is 0.0820 e. The third-order valence-electron chi connectivity index (χ3n) is 2.35. The third kappa shape index (κ3) is 2.77. The topological polar surface area (TPSA) is 35.2 Å². The lowest BCUT2D eigenvalue weighted by Crippen LogP contribution is -2.25. The molecule has 0 aromatic rings. The van der Waals surface area contributed by atoms with E-state index in [1.807, 2.05) is 0 Å². The Hall–Kier alpha value is -0.0500. The molecule has 0 aromatic carbocycles. The summed E-state index contributed by atoms with van der Waals surface area (Å²) in [4.78, 5) is 0. The van der Waals surface area contributed by atoms with Crippen LogP contribution in [0.25, 0.3) is 0 Å². The molecule has 2 unspecified atom stereocenters. The molecule has 1 aliphatic rings. The van der Waals surface area contributed by atoms with E-state index in [0.29, 0.717) is 23.7 Å². The fraction of sp³-hybridized carbons (Fsp3) is 0.778. The molecular weight excluding hydrogens is 174 g/mol. The lowest BCUT2D eigenvalue weighted by Gasteiger charge is -2.17. The van der Waals surface area contributed by atoms with Gasteiger partial charge in [0.2, 0.25) is 0 Å². The van der Waals surface area contributed by atoms with Gasteiger partial charge in [0.15, 0.2) is 0 Å². The standard InChI is InChI=1S/C9H16ClNO/c1-7(10)6-12-9-4-2-3-8(9)5-11/h8-9H,1-6,11H2. The van der Waals surface area contributed by atoms with Gasteiger partial charge >= 0.3 is 0 Å². The Balaban J connectivity index is 2.26. The van der Waals surface area contributed by atoms with E-state index in [4.69, 9.17) is 22.1 Å². The minimum Gasteiger partial charge on any atom is -0.372 e. The van der Waals surface area contributed by atoms with Gasteiger partial charge in [0, 0.05) is 5.03 Å². The molecule has 12 heavy (non-hydrogen) atoms. The number of hydrogen-bond acceptors (Lipinski definition) is 2. The molecule has 0 heterocycles. The summed E-state index contributed by atoms with van der Waals surface area (Å²) in [6, 6.07) is 0. The van der Waals surface area contributed by atoms with Gasteiger partial charge < -0.3 is 10.5 Å². The van der Waals surface area contributed by atoms with E-state index >= 15 is 0 Å². The molecule has 0 radical (unpaired) electrons. The summed E-state index contributed by atoms with van der Waals surface area (Å²) in [5, 5.41) is 0.567. The van der Waals surface area contributed by atoms with Crippen molar-refractivity contribution in [3.8, 4) is 0 Å². The second-order valence-corrected chi connectivity index (χ2v) is 3.83. The molecule has 3 heteroatoms. The molecule has 0 aromatic heterocycles. The number of hydrogen-bond donors (Lipinski definition) is 1. The molecule has 2 atom stereocenters. The SMILES string of the molecule is C=C(Cl)COC1CCCC1CN. The van der Waals surface area contributed by atoms with Crippen molar-refractivity contribution in [2.75, 3.05) is 13.2 Å². The van der Waals surface area contributed by atoms with E-state index in [1.165, 1.54) is 12.8 Å². The predicted molar refractivity (Wildman–Crippen MR) is 51.1 cm³/mol. The first-order chi connectivity index (χ1) is 5.74. The molecule has 1 saturated carbocycles. The van der Waals surface area contributed by atoms with Crippen LogP contribution in [0.3, 0.4) is 0 Å². The molecule has 0 spiro atoms. The Labute approximate surface area is 78.7 Å². The van der Waals surface area contributed by atoms with E-state index in [0.717, 1.165) is 13.0 Å². The Morgan fingerprint density at radius 1 is 1.58 bits per heavy atom. The molecule has 0 bridgehead atoms. The number of rotatable bonds is 4. The lowest BCUT2D eigenvalue weighted by atomic mass is 10.1. The normalized spacial score (nSPS) is 29.2. The van der Waals surface area contributed by atoms with Gasteiger partial charge in [0.05, 0.1) is 12.7 Å². The van der Waals surface area contributed by atoms with E-state index in [1.54, 1.807) is 0 Å². The van der Waals surface area contributed by atoms with Crippen LogP contribution in [0.4, 0.5) is 0 Å². The average molecular weight is 190 g/mol. The second kappa shape index (κ2) is 4.85. The van der Waals surface area contributed by atoms with Gasteiger partial charge in [-0.25, -0.2) is 0 Å². The van der Waals surface area contributed by atoms with Gasteiger partial charge in [-0.2, -0.15) is 0 Å². The van der Waals surface area contributed by atoms with Gasteiger partial charge in [0.1, 0.15) is 0 Å². The lowest BCUT2D eigenvalue weighted by molar-refractivity contribution is 0.0474. The van der Waals surface area contributed by atoms with Crippen molar-refractivity contribution in [3.63, 3.8) is 0 Å². The van der Waals surface area contributed by atoms with E-state index in [-0.39, 0.29) is 0 Å². The highest BCUT2D eigenvalue weighted by Gasteiger charge is 2.26. The van der Waals surface area contributed by atoms with Crippen molar-refractivity contribution in [3.05, 3.63) is 11.6 Å². The fourth-order valence-corrected chi connectivity index (χ4v) is 1.75. The molecule has 0 saturated heterocycles. The van der Waals surface area contributed by atoms with Crippen LogP contribution in [0.1, 0.15) is 19.3 Å². The van der Waals surface area contributed by atoms with Gasteiger partial charge in [-0.1, -0.05) is 24.6 Å². The zero-order valence-corrected chi connectivity index (χ0v) is 8.02. The maximum atomic E-state index is 5.60. The highest BCUT2D eigenvalue weighted by atomic mass is 35.5. The number of nitrogens with two attached hydrogens (primary N) is 1. The highest BCUT2D eigenvalue weighted by Crippen LogP contribution is 2.27. The highest BCUT2D eigenvalue weighted by molar-refractivity contribution is 6.29. The molecule has 0 aliphatic heterocycles. The van der Waals surface area contributed by atoms with Crippen molar-refractivity contribution in [1.29, 1.82) is 0 Å². The summed E-state index contributed by atoms with van der Waals surface area (Å²) >= 11 is 5.60. The van der Waals surface area contributed by atoms with E-state index in [2.05, 4.69) is 6.58 Å². The fourth-order valence-electron chi connectivity index (χ4n) is 1.69. The minimum atomic E-state index is 0.311. The van der Waals surface area contributed by atoms with Gasteiger partial charge in [-0.3, -0.25) is 0 Å². The van der Waals surface area contributed by atoms with E-state index < -0.39 is 0 Å². The Kier molecular flexibility index (Phi) is 4.06. The zero-order chi connectivity index (χ0) is 8.97. The molecular formula is C9H16ClNO. The first-order valence-corrected chi connectivity index (χ1v) is 4.76. The van der Waals surface area contributed by atoms with Crippen molar-refractivity contribution in [2.24, 2.45) is 11.7 Å². The Bertz CT molecular complexity index is 161. The summed E-state index contributed by atoms with van der Waals surface area (Å²) in [6.07, 6.45) is 3.84. The van der Waals surface area contributed by atoms with Crippen molar-refractivity contribution in [2.45, 2.75) is 25.4 Å². The zero-order valence-electron chi connectivity index (χ0n) is 7.26. The molecule has 1 rings (SSSR count). The van der Waals surface area contributed by atoms with Crippen molar-refractivity contribution < 1.29 is 4.74 Å². The summed E-state index contributed by atoms with van der Waals surface area (Å²) in [5.41, 5.74) is 5.60. The molecule has 1 aliphatic carbocycles. The first kappa shape index (κ1) is 10.0. The van der Waals surface area contributed by atoms with Crippen LogP contribution in [0, 0.1) is 5.92 Å². The van der Waals surface area contributed by atoms with Crippen LogP contribution in [-0.2, 0) is 4.74 Å². The number of halogens is 1. The molecule has 2 N–H and O–H groups in total. The summed E-state index contributed by atoms with van der Waals surface area (Å²) in [6.45, 7) is 4.76. The number of ether oxygens (including phenoxy) is 1. The predicted octanol–water partition coefficient (Wildman–Crippen LogP) is 1.88. The minimum absolute atomic E-state index is 0.311. The Morgan fingerprint density at radius 2 is 2.33 bits per heavy atom. The summed E-state index contributed by atoms with van der Waals surface area (Å²) in [5.74, 6) is 0.529. The molecule has 1 fully saturated rings. The van der Waals surface area contributed by atoms with Crippen LogP contribution >= 0.6 is 11.6 Å².